The van der Waals surface area contributed by atoms with Gasteiger partial charge in [0.05, 0.1) is 4.88 Å². The van der Waals surface area contributed by atoms with Gasteiger partial charge in [0.1, 0.15) is 0 Å². The first-order valence-electron chi connectivity index (χ1n) is 5.48. The molecule has 0 aliphatic carbocycles. The summed E-state index contributed by atoms with van der Waals surface area (Å²) in [6.45, 7) is 0.761. The van der Waals surface area contributed by atoms with Crippen molar-refractivity contribution >= 4 is 17.1 Å². The molecule has 0 unspecified atom stereocenters. The lowest BCUT2D eigenvalue weighted by molar-refractivity contribution is 0.0982. The molecule has 0 radical (unpaired) electrons. The quantitative estimate of drug-likeness (QED) is 0.762. The van der Waals surface area contributed by atoms with E-state index >= 15 is 0 Å². The van der Waals surface area contributed by atoms with Gasteiger partial charge in [0.25, 0.3) is 0 Å². The number of hydrogen-bond donors (Lipinski definition) is 0. The maximum Gasteiger partial charge on any atom is 0.181 e. The Balaban J connectivity index is 1.82. The van der Waals surface area contributed by atoms with Crippen molar-refractivity contribution in [3.63, 3.8) is 0 Å². The molecule has 2 heterocycles. The molecular weight excluding hydrogens is 234 g/mol. The van der Waals surface area contributed by atoms with E-state index in [0.717, 1.165) is 17.8 Å². The maximum absolute atomic E-state index is 11.7. The number of pyridine rings is 1. The van der Waals surface area contributed by atoms with Crippen LogP contribution in [0.3, 0.4) is 0 Å². The zero-order chi connectivity index (χ0) is 12.1. The van der Waals surface area contributed by atoms with Crippen LogP contribution in [0.1, 0.15) is 22.5 Å². The van der Waals surface area contributed by atoms with E-state index in [-0.39, 0.29) is 11.2 Å². The van der Waals surface area contributed by atoms with E-state index < -0.39 is 0 Å². The van der Waals surface area contributed by atoms with Crippen LogP contribution < -0.4 is 5.43 Å². The average Bonchev–Trinajstić information content (AvgIpc) is 2.85. The fraction of sp³-hybridized carbons (Fsp3) is 0.231. The third-order valence-corrected chi connectivity index (χ3v) is 3.39. The molecule has 4 heteroatoms. The van der Waals surface area contributed by atoms with Crippen LogP contribution in [0.15, 0.2) is 46.8 Å². The van der Waals surface area contributed by atoms with Crippen molar-refractivity contribution in [3.8, 4) is 0 Å². The zero-order valence-electron chi connectivity index (χ0n) is 9.33. The van der Waals surface area contributed by atoms with Crippen molar-refractivity contribution in [1.29, 1.82) is 0 Å². The predicted molar refractivity (Wildman–Crippen MR) is 68.6 cm³/mol. The van der Waals surface area contributed by atoms with E-state index in [1.54, 1.807) is 12.4 Å². The summed E-state index contributed by atoms with van der Waals surface area (Å²) in [5.74, 6) is 0.195. The molecule has 2 aromatic heterocycles. The summed E-state index contributed by atoms with van der Waals surface area (Å²) < 4.78 is 1.92. The molecule has 2 aromatic rings. The Labute approximate surface area is 103 Å². The molecule has 0 N–H and O–H groups in total. The molecule has 0 saturated heterocycles. The summed E-state index contributed by atoms with van der Waals surface area (Å²) in [6, 6.07) is 6.80. The molecule has 0 aliphatic rings. The van der Waals surface area contributed by atoms with Crippen LogP contribution in [-0.2, 0) is 6.54 Å². The largest absolute Gasteiger partial charge is 0.354 e. The highest BCUT2D eigenvalue weighted by Crippen LogP contribution is 2.12. The van der Waals surface area contributed by atoms with E-state index in [4.69, 9.17) is 0 Å². The van der Waals surface area contributed by atoms with E-state index in [2.05, 4.69) is 0 Å². The van der Waals surface area contributed by atoms with E-state index in [0.29, 0.717) is 6.42 Å². The van der Waals surface area contributed by atoms with Gasteiger partial charge in [-0.25, -0.2) is 0 Å². The number of aryl methyl sites for hydroxylation is 1. The Morgan fingerprint density at radius 3 is 2.65 bits per heavy atom. The summed E-state index contributed by atoms with van der Waals surface area (Å²) in [5, 5.41) is 1.91. The maximum atomic E-state index is 11.7. The van der Waals surface area contributed by atoms with Crippen LogP contribution in [-0.4, -0.2) is 10.4 Å². The molecule has 0 atom stereocenters. The van der Waals surface area contributed by atoms with E-state index in [1.807, 2.05) is 22.1 Å². The fourth-order valence-corrected chi connectivity index (χ4v) is 2.27. The first-order valence-corrected chi connectivity index (χ1v) is 6.36. The zero-order valence-corrected chi connectivity index (χ0v) is 10.2. The first-order chi connectivity index (χ1) is 8.25. The summed E-state index contributed by atoms with van der Waals surface area (Å²) in [4.78, 5) is 23.4. The van der Waals surface area contributed by atoms with Gasteiger partial charge < -0.3 is 4.57 Å². The van der Waals surface area contributed by atoms with E-state index in [1.165, 1.54) is 23.5 Å². The molecule has 0 aliphatic heterocycles. The second-order valence-electron chi connectivity index (χ2n) is 3.78. The SMILES string of the molecule is O=C(CCCn1ccc(=O)cc1)c1cccs1. The van der Waals surface area contributed by atoms with Crippen LogP contribution in [0.4, 0.5) is 0 Å². The number of nitrogens with zero attached hydrogens (tertiary/aromatic N) is 1. The molecule has 0 amide bonds. The summed E-state index contributed by atoms with van der Waals surface area (Å²) in [7, 11) is 0. The Bertz CT molecular complexity index is 522. The lowest BCUT2D eigenvalue weighted by Gasteiger charge is -2.04. The van der Waals surface area contributed by atoms with Crippen molar-refractivity contribution < 1.29 is 4.79 Å². The second-order valence-corrected chi connectivity index (χ2v) is 4.72. The van der Waals surface area contributed by atoms with Crippen molar-refractivity contribution in [1.82, 2.24) is 4.57 Å². The van der Waals surface area contributed by atoms with Gasteiger partial charge in [0.2, 0.25) is 0 Å². The van der Waals surface area contributed by atoms with Crippen LogP contribution >= 0.6 is 11.3 Å². The molecule has 0 fully saturated rings. The van der Waals surface area contributed by atoms with Gasteiger partial charge in [-0.3, -0.25) is 9.59 Å². The highest BCUT2D eigenvalue weighted by atomic mass is 32.1. The number of rotatable bonds is 5. The average molecular weight is 247 g/mol. The predicted octanol–water partition coefficient (Wildman–Crippen LogP) is 2.57. The summed E-state index contributed by atoms with van der Waals surface area (Å²) in [5.41, 5.74) is 0.0101. The smallest absolute Gasteiger partial charge is 0.181 e. The van der Waals surface area contributed by atoms with Gasteiger partial charge in [-0.2, -0.15) is 0 Å². The second kappa shape index (κ2) is 5.59. The van der Waals surface area contributed by atoms with Crippen LogP contribution in [0.5, 0.6) is 0 Å². The number of aromatic nitrogens is 1. The standard InChI is InChI=1S/C13H13NO2S/c15-11-5-8-14(9-6-11)7-1-3-12(16)13-4-2-10-17-13/h2,4-6,8-10H,1,3,7H2. The third kappa shape index (κ3) is 3.39. The highest BCUT2D eigenvalue weighted by molar-refractivity contribution is 7.12. The Hall–Kier alpha value is -1.68. The Kier molecular flexibility index (Phi) is 3.88. The molecule has 0 bridgehead atoms. The van der Waals surface area contributed by atoms with Gasteiger partial charge in [0, 0.05) is 37.5 Å². The number of carbonyl (C=O) groups is 1. The van der Waals surface area contributed by atoms with Crippen LogP contribution in [0.2, 0.25) is 0 Å². The number of ketones is 1. The topological polar surface area (TPSA) is 39.1 Å². The minimum Gasteiger partial charge on any atom is -0.354 e. The molecule has 17 heavy (non-hydrogen) atoms. The highest BCUT2D eigenvalue weighted by Gasteiger charge is 2.05. The molecule has 0 spiro atoms. The molecule has 88 valence electrons. The minimum atomic E-state index is 0.0101. The lowest BCUT2D eigenvalue weighted by atomic mass is 10.2. The third-order valence-electron chi connectivity index (χ3n) is 2.48. The molecule has 0 aromatic carbocycles. The van der Waals surface area contributed by atoms with Gasteiger partial charge in [0.15, 0.2) is 11.2 Å². The normalized spacial score (nSPS) is 10.4. The van der Waals surface area contributed by atoms with Crippen LogP contribution in [0.25, 0.3) is 0 Å². The molecular formula is C13H13NO2S. The number of thiophene rings is 1. The minimum absolute atomic E-state index is 0.0101. The molecule has 3 nitrogen and oxygen atoms in total. The fourth-order valence-electron chi connectivity index (χ4n) is 1.58. The Morgan fingerprint density at radius 1 is 1.24 bits per heavy atom. The molecule has 2 rings (SSSR count). The van der Waals surface area contributed by atoms with Gasteiger partial charge in [-0.1, -0.05) is 6.07 Å². The Morgan fingerprint density at radius 2 is 2.00 bits per heavy atom. The van der Waals surface area contributed by atoms with Crippen molar-refractivity contribution in [3.05, 3.63) is 57.1 Å². The van der Waals surface area contributed by atoms with Gasteiger partial charge in [-0.05, 0) is 17.9 Å². The summed E-state index contributed by atoms with van der Waals surface area (Å²) >= 11 is 1.48. The lowest BCUT2D eigenvalue weighted by Crippen LogP contribution is -2.05. The van der Waals surface area contributed by atoms with Crippen LogP contribution in [0, 0.1) is 0 Å². The molecule has 0 saturated carbocycles. The van der Waals surface area contributed by atoms with Crippen molar-refractivity contribution in [2.75, 3.05) is 0 Å². The number of hydrogen-bond acceptors (Lipinski definition) is 3. The van der Waals surface area contributed by atoms with E-state index in [9.17, 15) is 9.59 Å². The monoisotopic (exact) mass is 247 g/mol. The van der Waals surface area contributed by atoms with Crippen molar-refractivity contribution in [2.45, 2.75) is 19.4 Å². The van der Waals surface area contributed by atoms with Gasteiger partial charge in [-0.15, -0.1) is 11.3 Å². The summed E-state index contributed by atoms with van der Waals surface area (Å²) in [6.07, 6.45) is 4.84. The number of Topliss-reactive ketones (excluding diaryl/α,β-unsaturated/α-hetero) is 1. The van der Waals surface area contributed by atoms with Gasteiger partial charge >= 0.3 is 0 Å². The first kappa shape index (κ1) is 11.8. The van der Waals surface area contributed by atoms with Crippen molar-refractivity contribution in [2.24, 2.45) is 0 Å². The number of carbonyl (C=O) groups excluding carboxylic acids is 1.